The van der Waals surface area contributed by atoms with Gasteiger partial charge in [0, 0.05) is 16.8 Å². The standard InChI is InChI=1S/C23H20N2O2/c1-14-4-6-17(7-5-14)22(26)24-19-8-9-21-20(13-19)25-23(27-21)18-11-15(2)10-16(3)12-18/h4-13H,1-3H3,(H,24,26). The number of hydrogen-bond donors (Lipinski definition) is 1. The summed E-state index contributed by atoms with van der Waals surface area (Å²) in [6, 6.07) is 19.2. The molecule has 0 bridgehead atoms. The van der Waals surface area contributed by atoms with Crippen LogP contribution in [0.15, 0.2) is 65.1 Å². The van der Waals surface area contributed by atoms with Gasteiger partial charge in [0.1, 0.15) is 5.52 Å². The number of aryl methyl sites for hydroxylation is 3. The van der Waals surface area contributed by atoms with Gasteiger partial charge in [-0.2, -0.15) is 0 Å². The summed E-state index contributed by atoms with van der Waals surface area (Å²) in [5, 5.41) is 2.92. The van der Waals surface area contributed by atoms with Gasteiger partial charge in [0.25, 0.3) is 5.91 Å². The third kappa shape index (κ3) is 3.60. The van der Waals surface area contributed by atoms with Crippen LogP contribution in [-0.2, 0) is 0 Å². The number of amides is 1. The van der Waals surface area contributed by atoms with Gasteiger partial charge in [0.2, 0.25) is 5.89 Å². The largest absolute Gasteiger partial charge is 0.436 e. The van der Waals surface area contributed by atoms with Crippen molar-refractivity contribution in [2.45, 2.75) is 20.8 Å². The van der Waals surface area contributed by atoms with Crippen molar-refractivity contribution in [1.29, 1.82) is 0 Å². The van der Waals surface area contributed by atoms with Crippen molar-refractivity contribution in [3.63, 3.8) is 0 Å². The van der Waals surface area contributed by atoms with Gasteiger partial charge in [0.05, 0.1) is 0 Å². The van der Waals surface area contributed by atoms with E-state index in [0.717, 1.165) is 11.1 Å². The first-order chi connectivity index (χ1) is 13.0. The molecule has 0 aliphatic heterocycles. The molecule has 1 heterocycles. The average molecular weight is 356 g/mol. The Kier molecular flexibility index (Phi) is 4.24. The predicted molar refractivity (Wildman–Crippen MR) is 108 cm³/mol. The molecule has 1 amide bonds. The Morgan fingerprint density at radius 3 is 2.26 bits per heavy atom. The number of carbonyl (C=O) groups excluding carboxylic acids is 1. The Morgan fingerprint density at radius 2 is 1.56 bits per heavy atom. The predicted octanol–water partition coefficient (Wildman–Crippen LogP) is 5.67. The van der Waals surface area contributed by atoms with E-state index in [9.17, 15) is 4.79 Å². The van der Waals surface area contributed by atoms with E-state index in [-0.39, 0.29) is 5.91 Å². The van der Waals surface area contributed by atoms with Crippen molar-refractivity contribution in [1.82, 2.24) is 4.98 Å². The van der Waals surface area contributed by atoms with Crippen molar-refractivity contribution in [2.75, 3.05) is 5.32 Å². The molecule has 4 heteroatoms. The molecular weight excluding hydrogens is 336 g/mol. The first-order valence-electron chi connectivity index (χ1n) is 8.85. The minimum Gasteiger partial charge on any atom is -0.436 e. The smallest absolute Gasteiger partial charge is 0.255 e. The summed E-state index contributed by atoms with van der Waals surface area (Å²) in [5.41, 5.74) is 7.12. The van der Waals surface area contributed by atoms with E-state index in [1.54, 1.807) is 0 Å². The number of oxazole rings is 1. The number of benzene rings is 3. The lowest BCUT2D eigenvalue weighted by atomic mass is 10.1. The lowest BCUT2D eigenvalue weighted by Crippen LogP contribution is -2.11. The van der Waals surface area contributed by atoms with E-state index >= 15 is 0 Å². The van der Waals surface area contributed by atoms with Crippen molar-refractivity contribution >= 4 is 22.7 Å². The van der Waals surface area contributed by atoms with Crippen LogP contribution in [0.3, 0.4) is 0 Å². The van der Waals surface area contributed by atoms with Gasteiger partial charge in [-0.3, -0.25) is 4.79 Å². The third-order valence-corrected chi connectivity index (χ3v) is 4.43. The zero-order chi connectivity index (χ0) is 19.0. The van der Waals surface area contributed by atoms with Crippen LogP contribution in [0.4, 0.5) is 5.69 Å². The van der Waals surface area contributed by atoms with Gasteiger partial charge in [-0.1, -0.05) is 34.9 Å². The van der Waals surface area contributed by atoms with Crippen LogP contribution in [0.25, 0.3) is 22.6 Å². The van der Waals surface area contributed by atoms with Crippen molar-refractivity contribution in [3.05, 3.63) is 82.9 Å². The number of nitrogens with one attached hydrogen (secondary N) is 1. The van der Waals surface area contributed by atoms with Crippen molar-refractivity contribution < 1.29 is 9.21 Å². The van der Waals surface area contributed by atoms with E-state index in [4.69, 9.17) is 4.42 Å². The maximum Gasteiger partial charge on any atom is 0.255 e. The van der Waals surface area contributed by atoms with Gasteiger partial charge in [-0.15, -0.1) is 0 Å². The molecule has 0 unspecified atom stereocenters. The molecule has 134 valence electrons. The SMILES string of the molecule is Cc1ccc(C(=O)Nc2ccc3oc(-c4cc(C)cc(C)c4)nc3c2)cc1. The molecule has 4 rings (SSSR count). The second-order valence-corrected chi connectivity index (χ2v) is 6.90. The Bertz CT molecular complexity index is 1120. The van der Waals surface area contributed by atoms with Crippen LogP contribution in [0.5, 0.6) is 0 Å². The van der Waals surface area contributed by atoms with Crippen LogP contribution in [0.2, 0.25) is 0 Å². The molecule has 4 aromatic rings. The Labute approximate surface area is 157 Å². The molecule has 0 spiro atoms. The van der Waals surface area contributed by atoms with Crippen LogP contribution >= 0.6 is 0 Å². The monoisotopic (exact) mass is 356 g/mol. The number of rotatable bonds is 3. The molecule has 0 atom stereocenters. The highest BCUT2D eigenvalue weighted by Crippen LogP contribution is 2.27. The van der Waals surface area contributed by atoms with Gasteiger partial charge in [0.15, 0.2) is 5.58 Å². The zero-order valence-electron chi connectivity index (χ0n) is 15.5. The molecule has 0 radical (unpaired) electrons. The molecule has 0 saturated carbocycles. The number of anilines is 1. The van der Waals surface area contributed by atoms with E-state index in [1.807, 2.05) is 49.4 Å². The minimum absolute atomic E-state index is 0.146. The van der Waals surface area contributed by atoms with Gasteiger partial charge >= 0.3 is 0 Å². The van der Waals surface area contributed by atoms with Gasteiger partial charge < -0.3 is 9.73 Å². The van der Waals surface area contributed by atoms with Gasteiger partial charge in [-0.25, -0.2) is 4.98 Å². The summed E-state index contributed by atoms with van der Waals surface area (Å²) in [6.45, 7) is 6.10. The topological polar surface area (TPSA) is 55.1 Å². The quantitative estimate of drug-likeness (QED) is 0.514. The Hall–Kier alpha value is -3.40. The molecule has 4 nitrogen and oxygen atoms in total. The molecule has 0 aliphatic carbocycles. The summed E-state index contributed by atoms with van der Waals surface area (Å²) >= 11 is 0. The minimum atomic E-state index is -0.146. The van der Waals surface area contributed by atoms with Crippen LogP contribution < -0.4 is 5.32 Å². The van der Waals surface area contributed by atoms with E-state index in [0.29, 0.717) is 28.2 Å². The summed E-state index contributed by atoms with van der Waals surface area (Å²) < 4.78 is 5.90. The summed E-state index contributed by atoms with van der Waals surface area (Å²) in [6.07, 6.45) is 0. The fraction of sp³-hybridized carbons (Fsp3) is 0.130. The van der Waals surface area contributed by atoms with Gasteiger partial charge in [-0.05, 0) is 63.2 Å². The molecule has 27 heavy (non-hydrogen) atoms. The normalized spacial score (nSPS) is 10.9. The van der Waals surface area contributed by atoms with E-state index in [1.165, 1.54) is 11.1 Å². The first-order valence-corrected chi connectivity index (χ1v) is 8.85. The molecule has 3 aromatic carbocycles. The number of carbonyl (C=O) groups is 1. The van der Waals surface area contributed by atoms with Crippen LogP contribution in [-0.4, -0.2) is 10.9 Å². The highest BCUT2D eigenvalue weighted by molar-refractivity contribution is 6.05. The molecular formula is C23H20N2O2. The number of fused-ring (bicyclic) bond motifs is 1. The second kappa shape index (κ2) is 6.72. The van der Waals surface area contributed by atoms with E-state index in [2.05, 4.69) is 42.3 Å². The first kappa shape index (κ1) is 17.0. The summed E-state index contributed by atoms with van der Waals surface area (Å²) in [7, 11) is 0. The zero-order valence-corrected chi connectivity index (χ0v) is 15.5. The van der Waals surface area contributed by atoms with Crippen molar-refractivity contribution in [3.8, 4) is 11.5 Å². The summed E-state index contributed by atoms with van der Waals surface area (Å²) in [5.74, 6) is 0.436. The molecule has 0 fully saturated rings. The molecule has 1 aromatic heterocycles. The fourth-order valence-corrected chi connectivity index (χ4v) is 3.14. The van der Waals surface area contributed by atoms with E-state index < -0.39 is 0 Å². The molecule has 0 saturated heterocycles. The maximum absolute atomic E-state index is 12.4. The third-order valence-electron chi connectivity index (χ3n) is 4.43. The fourth-order valence-electron chi connectivity index (χ4n) is 3.14. The highest BCUT2D eigenvalue weighted by Gasteiger charge is 2.11. The number of aromatic nitrogens is 1. The number of hydrogen-bond acceptors (Lipinski definition) is 3. The molecule has 0 aliphatic rings. The Morgan fingerprint density at radius 1 is 0.852 bits per heavy atom. The van der Waals surface area contributed by atoms with Crippen molar-refractivity contribution in [2.24, 2.45) is 0 Å². The average Bonchev–Trinajstić information content (AvgIpc) is 3.05. The van der Waals surface area contributed by atoms with Crippen LogP contribution in [0, 0.1) is 20.8 Å². The maximum atomic E-state index is 12.4. The lowest BCUT2D eigenvalue weighted by Gasteiger charge is -2.05. The molecule has 1 N–H and O–H groups in total. The second-order valence-electron chi connectivity index (χ2n) is 6.90. The van der Waals surface area contributed by atoms with Crippen LogP contribution in [0.1, 0.15) is 27.0 Å². The number of nitrogens with zero attached hydrogens (tertiary/aromatic N) is 1. The Balaban J connectivity index is 1.62. The lowest BCUT2D eigenvalue weighted by molar-refractivity contribution is 0.102. The highest BCUT2D eigenvalue weighted by atomic mass is 16.3. The summed E-state index contributed by atoms with van der Waals surface area (Å²) in [4.78, 5) is 17.0.